The summed E-state index contributed by atoms with van der Waals surface area (Å²) in [7, 11) is 3.16. The lowest BCUT2D eigenvalue weighted by molar-refractivity contribution is -0.131. The van der Waals surface area contributed by atoms with Gasteiger partial charge < -0.3 is 18.9 Å². The first-order valence-electron chi connectivity index (χ1n) is 9.69. The number of carbonyl (C=O) groups is 1. The van der Waals surface area contributed by atoms with Crippen LogP contribution in [0, 0.1) is 0 Å². The summed E-state index contributed by atoms with van der Waals surface area (Å²) in [5.74, 6) is 2.09. The van der Waals surface area contributed by atoms with Gasteiger partial charge >= 0.3 is 0 Å². The zero-order chi connectivity index (χ0) is 21.1. The summed E-state index contributed by atoms with van der Waals surface area (Å²) in [5, 5.41) is 4.63. The van der Waals surface area contributed by atoms with E-state index in [4.69, 9.17) is 25.6 Å². The van der Waals surface area contributed by atoms with Gasteiger partial charge in [-0.25, -0.2) is 0 Å². The first-order chi connectivity index (χ1) is 14.6. The van der Waals surface area contributed by atoms with Crippen LogP contribution in [0.2, 0.25) is 5.02 Å². The highest BCUT2D eigenvalue weighted by Crippen LogP contribution is 2.34. The van der Waals surface area contributed by atoms with Gasteiger partial charge in [-0.1, -0.05) is 35.0 Å². The van der Waals surface area contributed by atoms with E-state index >= 15 is 0 Å². The smallest absolute Gasteiger partial charge is 0.249 e. The number of aromatic nitrogens is 2. The Balaban J connectivity index is 1.51. The molecular formula is C22H22ClN3O4. The van der Waals surface area contributed by atoms with Gasteiger partial charge in [0.15, 0.2) is 11.5 Å². The van der Waals surface area contributed by atoms with Crippen molar-refractivity contribution in [1.82, 2.24) is 15.0 Å². The Morgan fingerprint density at radius 3 is 2.77 bits per heavy atom. The van der Waals surface area contributed by atoms with Crippen molar-refractivity contribution in [3.63, 3.8) is 0 Å². The van der Waals surface area contributed by atoms with Crippen molar-refractivity contribution in [3.05, 3.63) is 58.9 Å². The minimum atomic E-state index is -0.235. The van der Waals surface area contributed by atoms with E-state index in [0.29, 0.717) is 40.3 Å². The molecule has 7 nitrogen and oxygen atoms in total. The Morgan fingerprint density at radius 2 is 2.00 bits per heavy atom. The standard InChI is InChI=1S/C22H22ClN3O4/c1-28-18-10-9-14(12-19(18)29-2)13-20(27)26-11-5-8-17(26)22-24-21(25-30-22)15-6-3-4-7-16(15)23/h3-4,6-7,9-10,12,17H,5,8,11,13H2,1-2H3. The van der Waals surface area contributed by atoms with Crippen LogP contribution in [0.4, 0.5) is 0 Å². The molecule has 1 aliphatic heterocycles. The molecule has 4 rings (SSSR count). The lowest BCUT2D eigenvalue weighted by Crippen LogP contribution is -2.32. The lowest BCUT2D eigenvalue weighted by Gasteiger charge is -2.22. The summed E-state index contributed by atoms with van der Waals surface area (Å²) in [6, 6.07) is 12.6. The van der Waals surface area contributed by atoms with Crippen LogP contribution in [0.15, 0.2) is 47.0 Å². The molecule has 1 atom stereocenters. The van der Waals surface area contributed by atoms with E-state index in [2.05, 4.69) is 10.1 Å². The molecule has 0 saturated carbocycles. The van der Waals surface area contributed by atoms with Gasteiger partial charge in [0.25, 0.3) is 0 Å². The SMILES string of the molecule is COc1ccc(CC(=O)N2CCCC2c2nc(-c3ccccc3Cl)no2)cc1OC. The molecule has 0 N–H and O–H groups in total. The second kappa shape index (κ2) is 8.75. The molecule has 3 aromatic rings. The van der Waals surface area contributed by atoms with Crippen LogP contribution in [0.25, 0.3) is 11.4 Å². The monoisotopic (exact) mass is 427 g/mol. The maximum atomic E-state index is 13.0. The summed E-state index contributed by atoms with van der Waals surface area (Å²) < 4.78 is 16.1. The first kappa shape index (κ1) is 20.2. The zero-order valence-corrected chi connectivity index (χ0v) is 17.6. The molecule has 156 valence electrons. The fraction of sp³-hybridized carbons (Fsp3) is 0.318. The minimum absolute atomic E-state index is 0.00205. The van der Waals surface area contributed by atoms with Crippen molar-refractivity contribution in [2.24, 2.45) is 0 Å². The van der Waals surface area contributed by atoms with Crippen LogP contribution in [0.3, 0.4) is 0 Å². The van der Waals surface area contributed by atoms with Crippen molar-refractivity contribution in [2.45, 2.75) is 25.3 Å². The average molecular weight is 428 g/mol. The molecule has 0 bridgehead atoms. The molecule has 1 fully saturated rings. The first-order valence-corrected chi connectivity index (χ1v) is 10.1. The van der Waals surface area contributed by atoms with E-state index in [1.165, 1.54) is 0 Å². The van der Waals surface area contributed by atoms with Crippen molar-refractivity contribution >= 4 is 17.5 Å². The van der Waals surface area contributed by atoms with Crippen LogP contribution in [-0.2, 0) is 11.2 Å². The maximum absolute atomic E-state index is 13.0. The second-order valence-electron chi connectivity index (χ2n) is 7.05. The summed E-state index contributed by atoms with van der Waals surface area (Å²) >= 11 is 6.24. The number of methoxy groups -OCH3 is 2. The molecule has 1 amide bonds. The number of nitrogens with zero attached hydrogens (tertiary/aromatic N) is 3. The molecule has 0 radical (unpaired) electrons. The third kappa shape index (κ3) is 3.98. The fourth-order valence-corrected chi connectivity index (χ4v) is 3.93. The lowest BCUT2D eigenvalue weighted by atomic mass is 10.1. The van der Waals surface area contributed by atoms with Crippen molar-refractivity contribution in [2.75, 3.05) is 20.8 Å². The van der Waals surface area contributed by atoms with E-state index < -0.39 is 0 Å². The van der Waals surface area contributed by atoms with E-state index in [0.717, 1.165) is 18.4 Å². The van der Waals surface area contributed by atoms with Gasteiger partial charge in [-0.05, 0) is 42.7 Å². The Bertz CT molecular complexity index is 1050. The number of likely N-dealkylation sites (tertiary alicyclic amines) is 1. The van der Waals surface area contributed by atoms with Crippen LogP contribution >= 0.6 is 11.6 Å². The zero-order valence-electron chi connectivity index (χ0n) is 16.8. The molecule has 8 heteroatoms. The molecule has 1 aliphatic rings. The molecule has 2 aromatic carbocycles. The molecule has 1 aromatic heterocycles. The van der Waals surface area contributed by atoms with Crippen LogP contribution in [0.5, 0.6) is 11.5 Å². The highest BCUT2D eigenvalue weighted by molar-refractivity contribution is 6.33. The second-order valence-corrected chi connectivity index (χ2v) is 7.45. The fourth-order valence-electron chi connectivity index (χ4n) is 3.71. The molecule has 0 aliphatic carbocycles. The third-order valence-electron chi connectivity index (χ3n) is 5.22. The highest BCUT2D eigenvalue weighted by atomic mass is 35.5. The average Bonchev–Trinajstić information content (AvgIpc) is 3.43. The molecule has 0 spiro atoms. The van der Waals surface area contributed by atoms with Gasteiger partial charge in [-0.2, -0.15) is 4.98 Å². The number of amides is 1. The highest BCUT2D eigenvalue weighted by Gasteiger charge is 2.34. The summed E-state index contributed by atoms with van der Waals surface area (Å²) in [5.41, 5.74) is 1.56. The topological polar surface area (TPSA) is 77.7 Å². The largest absolute Gasteiger partial charge is 0.493 e. The van der Waals surface area contributed by atoms with Crippen molar-refractivity contribution < 1.29 is 18.8 Å². The van der Waals surface area contributed by atoms with Gasteiger partial charge in [0, 0.05) is 12.1 Å². The predicted octanol–water partition coefficient (Wildman–Crippen LogP) is 4.31. The van der Waals surface area contributed by atoms with Crippen LogP contribution in [0.1, 0.15) is 30.3 Å². The van der Waals surface area contributed by atoms with E-state index in [1.807, 2.05) is 30.3 Å². The Hall–Kier alpha value is -3.06. The van der Waals surface area contributed by atoms with E-state index in [1.54, 1.807) is 31.3 Å². The Morgan fingerprint density at radius 1 is 1.20 bits per heavy atom. The maximum Gasteiger partial charge on any atom is 0.249 e. The van der Waals surface area contributed by atoms with Crippen molar-refractivity contribution in [1.29, 1.82) is 0 Å². The Kier molecular flexibility index (Phi) is 5.90. The molecule has 1 unspecified atom stereocenters. The molecule has 1 saturated heterocycles. The normalized spacial score (nSPS) is 16.0. The van der Waals surface area contributed by atoms with Crippen LogP contribution in [-0.4, -0.2) is 41.7 Å². The Labute approximate surface area is 179 Å². The molecular weight excluding hydrogens is 406 g/mol. The van der Waals surface area contributed by atoms with E-state index in [9.17, 15) is 4.79 Å². The van der Waals surface area contributed by atoms with Gasteiger partial charge in [0.2, 0.25) is 17.6 Å². The number of carbonyl (C=O) groups excluding carboxylic acids is 1. The number of halogens is 1. The van der Waals surface area contributed by atoms with E-state index in [-0.39, 0.29) is 18.4 Å². The quantitative estimate of drug-likeness (QED) is 0.583. The summed E-state index contributed by atoms with van der Waals surface area (Å²) in [4.78, 5) is 19.4. The molecule has 2 heterocycles. The van der Waals surface area contributed by atoms with Gasteiger partial charge in [-0.3, -0.25) is 4.79 Å². The minimum Gasteiger partial charge on any atom is -0.493 e. The predicted molar refractivity (Wildman–Crippen MR) is 112 cm³/mol. The molecule has 30 heavy (non-hydrogen) atoms. The number of benzene rings is 2. The van der Waals surface area contributed by atoms with Gasteiger partial charge in [0.1, 0.15) is 6.04 Å². The van der Waals surface area contributed by atoms with Gasteiger partial charge in [0.05, 0.1) is 25.7 Å². The van der Waals surface area contributed by atoms with Gasteiger partial charge in [-0.15, -0.1) is 0 Å². The summed E-state index contributed by atoms with van der Waals surface area (Å²) in [6.07, 6.45) is 1.91. The third-order valence-corrected chi connectivity index (χ3v) is 5.55. The van der Waals surface area contributed by atoms with Crippen molar-refractivity contribution in [3.8, 4) is 22.9 Å². The number of hydrogen-bond donors (Lipinski definition) is 0. The van der Waals surface area contributed by atoms with Crippen LogP contribution < -0.4 is 9.47 Å². The number of ether oxygens (including phenoxy) is 2. The summed E-state index contributed by atoms with van der Waals surface area (Å²) in [6.45, 7) is 0.653. The number of hydrogen-bond acceptors (Lipinski definition) is 6. The number of rotatable bonds is 6.